The van der Waals surface area contributed by atoms with E-state index in [1.807, 2.05) is 13.8 Å². The van der Waals surface area contributed by atoms with Crippen LogP contribution in [0, 0.1) is 0 Å². The fourth-order valence-electron chi connectivity index (χ4n) is 1.48. The highest BCUT2D eigenvalue weighted by Gasteiger charge is 2.21. The van der Waals surface area contributed by atoms with Crippen LogP contribution in [0.5, 0.6) is 5.75 Å². The van der Waals surface area contributed by atoms with Gasteiger partial charge in [0.15, 0.2) is 5.75 Å². The Morgan fingerprint density at radius 1 is 1.39 bits per heavy atom. The lowest BCUT2D eigenvalue weighted by Crippen LogP contribution is -2.19. The predicted molar refractivity (Wildman–Crippen MR) is 75.5 cm³/mol. The van der Waals surface area contributed by atoms with Gasteiger partial charge >= 0.3 is 0 Å². The Hall–Kier alpha value is -0.300. The van der Waals surface area contributed by atoms with Crippen LogP contribution in [-0.4, -0.2) is 14.5 Å². The van der Waals surface area contributed by atoms with Crippen molar-refractivity contribution < 1.29 is 13.2 Å². The van der Waals surface area contributed by atoms with Crippen molar-refractivity contribution in [2.75, 3.05) is 0 Å². The van der Waals surface area contributed by atoms with Crippen LogP contribution >= 0.6 is 27.5 Å². The summed E-state index contributed by atoms with van der Waals surface area (Å²) >= 11 is 9.20. The van der Waals surface area contributed by atoms with Crippen molar-refractivity contribution in [3.8, 4) is 5.75 Å². The Morgan fingerprint density at radius 2 is 1.94 bits per heavy atom. The summed E-state index contributed by atoms with van der Waals surface area (Å²) in [6.45, 7) is 3.91. The van der Waals surface area contributed by atoms with Gasteiger partial charge in [-0.25, -0.2) is 13.6 Å². The molecular formula is C11H15BrClNO3S. The lowest BCUT2D eigenvalue weighted by Gasteiger charge is -2.19. The normalized spacial score (nSPS) is 11.9. The van der Waals surface area contributed by atoms with Crippen molar-refractivity contribution >= 4 is 37.6 Å². The van der Waals surface area contributed by atoms with Gasteiger partial charge in [-0.05, 0) is 25.0 Å². The second kappa shape index (κ2) is 6.23. The van der Waals surface area contributed by atoms with Crippen LogP contribution in [0.3, 0.4) is 0 Å². The monoisotopic (exact) mass is 355 g/mol. The Bertz CT molecular complexity index is 529. The smallest absolute Gasteiger partial charge is 0.241 e. The first-order valence-electron chi connectivity index (χ1n) is 5.48. The van der Waals surface area contributed by atoms with Gasteiger partial charge in [0.25, 0.3) is 0 Å². The van der Waals surface area contributed by atoms with Crippen LogP contribution in [-0.2, 0) is 10.0 Å². The molecule has 102 valence electrons. The highest BCUT2D eigenvalue weighted by atomic mass is 79.9. The summed E-state index contributed by atoms with van der Waals surface area (Å²) in [5.74, 6) is 0.121. The molecule has 0 radical (unpaired) electrons. The molecule has 1 aromatic carbocycles. The van der Waals surface area contributed by atoms with E-state index in [1.54, 1.807) is 6.07 Å². The lowest BCUT2D eigenvalue weighted by molar-refractivity contribution is 0.188. The average Bonchev–Trinajstić information content (AvgIpc) is 2.26. The fraction of sp³-hybridized carbons (Fsp3) is 0.455. The molecule has 0 aliphatic heterocycles. The minimum atomic E-state index is -3.88. The number of ether oxygens (including phenoxy) is 1. The molecule has 0 aromatic heterocycles. The molecule has 2 N–H and O–H groups in total. The number of sulfonamides is 1. The maximum Gasteiger partial charge on any atom is 0.241 e. The molecule has 0 heterocycles. The SMILES string of the molecule is CCC(CC)Oc1c(Cl)cc(Br)cc1S(N)(=O)=O. The van der Waals surface area contributed by atoms with E-state index in [2.05, 4.69) is 15.9 Å². The summed E-state index contributed by atoms with van der Waals surface area (Å²) in [7, 11) is -3.88. The number of rotatable bonds is 5. The van der Waals surface area contributed by atoms with Gasteiger partial charge in [0, 0.05) is 4.47 Å². The number of primary sulfonamides is 1. The standard InChI is InChI=1S/C11H15BrClNO3S/c1-3-8(4-2)17-11-9(13)5-7(12)6-10(11)18(14,15)16/h5-6,8H,3-4H2,1-2H3,(H2,14,15,16). The Balaban J connectivity index is 3.33. The second-order valence-corrected chi connectivity index (χ2v) is 6.67. The Kier molecular flexibility index (Phi) is 5.46. The molecule has 0 aliphatic rings. The molecule has 0 atom stereocenters. The second-order valence-electron chi connectivity index (χ2n) is 3.82. The molecule has 0 aliphatic carbocycles. The van der Waals surface area contributed by atoms with Crippen molar-refractivity contribution in [1.29, 1.82) is 0 Å². The molecule has 1 rings (SSSR count). The van der Waals surface area contributed by atoms with Gasteiger partial charge in [0.2, 0.25) is 10.0 Å². The van der Waals surface area contributed by atoms with Crippen LogP contribution in [0.1, 0.15) is 26.7 Å². The van der Waals surface area contributed by atoms with Gasteiger partial charge in [-0.1, -0.05) is 41.4 Å². The summed E-state index contributed by atoms with van der Waals surface area (Å²) in [6, 6.07) is 2.97. The molecule has 7 heteroatoms. The van der Waals surface area contributed by atoms with E-state index < -0.39 is 10.0 Å². The summed E-state index contributed by atoms with van der Waals surface area (Å²) in [4.78, 5) is -0.103. The first-order chi connectivity index (χ1) is 8.29. The van der Waals surface area contributed by atoms with E-state index in [4.69, 9.17) is 21.5 Å². The van der Waals surface area contributed by atoms with Gasteiger partial charge < -0.3 is 4.74 Å². The van der Waals surface area contributed by atoms with E-state index in [-0.39, 0.29) is 21.8 Å². The van der Waals surface area contributed by atoms with Crippen molar-refractivity contribution in [2.45, 2.75) is 37.7 Å². The van der Waals surface area contributed by atoms with Gasteiger partial charge in [-0.3, -0.25) is 0 Å². The number of halogens is 2. The maximum atomic E-state index is 11.5. The Labute approximate surface area is 121 Å². The number of benzene rings is 1. The van der Waals surface area contributed by atoms with Gasteiger partial charge in [0.1, 0.15) is 4.90 Å². The zero-order valence-corrected chi connectivity index (χ0v) is 13.3. The largest absolute Gasteiger partial charge is 0.487 e. The van der Waals surface area contributed by atoms with Crippen LogP contribution in [0.2, 0.25) is 5.02 Å². The number of hydrogen-bond acceptors (Lipinski definition) is 3. The van der Waals surface area contributed by atoms with Crippen molar-refractivity contribution in [3.05, 3.63) is 21.6 Å². The van der Waals surface area contributed by atoms with Crippen LogP contribution < -0.4 is 9.88 Å². The molecule has 1 aromatic rings. The molecule has 0 amide bonds. The molecule has 0 saturated carbocycles. The van der Waals surface area contributed by atoms with Crippen molar-refractivity contribution in [2.24, 2.45) is 5.14 Å². The van der Waals surface area contributed by atoms with Crippen LogP contribution in [0.4, 0.5) is 0 Å². The molecule has 0 fully saturated rings. The zero-order valence-electron chi connectivity index (χ0n) is 10.1. The molecule has 0 unspecified atom stereocenters. The molecular weight excluding hydrogens is 342 g/mol. The van der Waals surface area contributed by atoms with E-state index in [0.29, 0.717) is 4.47 Å². The molecule has 18 heavy (non-hydrogen) atoms. The average molecular weight is 357 g/mol. The topological polar surface area (TPSA) is 69.4 Å². The summed E-state index contributed by atoms with van der Waals surface area (Å²) in [5.41, 5.74) is 0. The van der Waals surface area contributed by atoms with Crippen molar-refractivity contribution in [3.63, 3.8) is 0 Å². The number of nitrogens with two attached hydrogens (primary N) is 1. The van der Waals surface area contributed by atoms with Crippen LogP contribution in [0.25, 0.3) is 0 Å². The van der Waals surface area contributed by atoms with Gasteiger partial charge in [-0.15, -0.1) is 0 Å². The minimum absolute atomic E-state index is 0.0934. The van der Waals surface area contributed by atoms with E-state index in [0.717, 1.165) is 12.8 Å². The summed E-state index contributed by atoms with van der Waals surface area (Å²) in [5, 5.41) is 5.39. The molecule has 4 nitrogen and oxygen atoms in total. The van der Waals surface area contributed by atoms with Gasteiger partial charge in [-0.2, -0.15) is 0 Å². The quantitative estimate of drug-likeness (QED) is 0.880. The Morgan fingerprint density at radius 3 is 2.39 bits per heavy atom. The maximum absolute atomic E-state index is 11.5. The fourth-order valence-corrected chi connectivity index (χ4v) is 3.25. The van der Waals surface area contributed by atoms with Crippen molar-refractivity contribution in [1.82, 2.24) is 0 Å². The molecule has 0 saturated heterocycles. The molecule has 0 spiro atoms. The third kappa shape index (κ3) is 3.85. The predicted octanol–water partition coefficient (Wildman–Crippen LogP) is 3.32. The first kappa shape index (κ1) is 15.8. The van der Waals surface area contributed by atoms with E-state index in [9.17, 15) is 8.42 Å². The minimum Gasteiger partial charge on any atom is -0.487 e. The first-order valence-corrected chi connectivity index (χ1v) is 8.19. The summed E-state index contributed by atoms with van der Waals surface area (Å²) < 4.78 is 29.2. The third-order valence-corrected chi connectivity index (χ3v) is 4.13. The summed E-state index contributed by atoms with van der Waals surface area (Å²) in [6.07, 6.45) is 1.42. The highest BCUT2D eigenvalue weighted by Crippen LogP contribution is 2.36. The molecule has 0 bridgehead atoms. The van der Waals surface area contributed by atoms with E-state index >= 15 is 0 Å². The van der Waals surface area contributed by atoms with Gasteiger partial charge in [0.05, 0.1) is 11.1 Å². The highest BCUT2D eigenvalue weighted by molar-refractivity contribution is 9.10. The van der Waals surface area contributed by atoms with Crippen LogP contribution in [0.15, 0.2) is 21.5 Å². The lowest BCUT2D eigenvalue weighted by atomic mass is 10.2. The third-order valence-electron chi connectivity index (χ3n) is 2.48. The zero-order chi connectivity index (χ0) is 13.9. The van der Waals surface area contributed by atoms with E-state index in [1.165, 1.54) is 6.07 Å². The number of hydrogen-bond donors (Lipinski definition) is 1.